The molecule has 0 fully saturated rings. The van der Waals surface area contributed by atoms with Gasteiger partial charge in [0.05, 0.1) is 6.73 Å². The molecule has 1 N–H and O–H groups in total. The molecule has 1 rings (SSSR count). The quantitative estimate of drug-likeness (QED) is 0.606. The largest absolute Gasteiger partial charge is 0.370 e. The van der Waals surface area contributed by atoms with E-state index in [1.165, 1.54) is 11.6 Å². The number of benzene rings is 1. The van der Waals surface area contributed by atoms with E-state index in [1.54, 1.807) is 7.11 Å². The maximum absolute atomic E-state index is 5.11. The van der Waals surface area contributed by atoms with Crippen LogP contribution >= 0.6 is 0 Å². The van der Waals surface area contributed by atoms with Gasteiger partial charge >= 0.3 is 0 Å². The number of ether oxygens (including phenoxy) is 1. The molecule has 2 nitrogen and oxygen atoms in total. The summed E-state index contributed by atoms with van der Waals surface area (Å²) in [4.78, 5) is 0. The lowest BCUT2D eigenvalue weighted by molar-refractivity contribution is 0.165. The van der Waals surface area contributed by atoms with Crippen molar-refractivity contribution in [1.82, 2.24) is 5.32 Å². The van der Waals surface area contributed by atoms with E-state index < -0.39 is 8.07 Å². The van der Waals surface area contributed by atoms with Crippen molar-refractivity contribution in [2.75, 3.05) is 13.8 Å². The first kappa shape index (κ1) is 13.4. The molecule has 0 spiro atoms. The predicted octanol–water partition coefficient (Wildman–Crippen LogP) is 3.26. The number of nitrogens with one attached hydrogen (secondary N) is 1. The second-order valence-corrected chi connectivity index (χ2v) is 10.9. The van der Waals surface area contributed by atoms with Gasteiger partial charge in [-0.25, -0.2) is 0 Å². The van der Waals surface area contributed by atoms with Crippen LogP contribution in [0.2, 0.25) is 25.7 Å². The molecule has 0 aliphatic rings. The van der Waals surface area contributed by atoms with Crippen LogP contribution in [0.5, 0.6) is 0 Å². The first-order chi connectivity index (χ1) is 7.53. The van der Waals surface area contributed by atoms with Gasteiger partial charge in [-0.15, -0.1) is 0 Å². The average molecular weight is 237 g/mol. The zero-order valence-corrected chi connectivity index (χ0v) is 11.8. The van der Waals surface area contributed by atoms with Gasteiger partial charge in [0.1, 0.15) is 0 Å². The van der Waals surface area contributed by atoms with Crippen molar-refractivity contribution in [2.45, 2.75) is 31.7 Å². The average Bonchev–Trinajstić information content (AvgIpc) is 2.24. The van der Waals surface area contributed by atoms with Crippen molar-refractivity contribution in [3.8, 4) is 0 Å². The van der Waals surface area contributed by atoms with Gasteiger partial charge in [0.25, 0.3) is 0 Å². The van der Waals surface area contributed by atoms with Crippen molar-refractivity contribution >= 4 is 8.07 Å². The van der Waals surface area contributed by atoms with Crippen molar-refractivity contribution in [1.29, 1.82) is 0 Å². The van der Waals surface area contributed by atoms with Gasteiger partial charge in [0.2, 0.25) is 0 Å². The predicted molar refractivity (Wildman–Crippen MR) is 72.3 cm³/mol. The molecule has 0 aromatic heterocycles. The minimum Gasteiger partial charge on any atom is -0.370 e. The smallest absolute Gasteiger partial charge is 0.0966 e. The van der Waals surface area contributed by atoms with E-state index in [2.05, 4.69) is 55.3 Å². The number of hydrogen-bond acceptors (Lipinski definition) is 2. The zero-order valence-electron chi connectivity index (χ0n) is 10.8. The molecule has 90 valence electrons. The first-order valence-electron chi connectivity index (χ1n) is 5.80. The van der Waals surface area contributed by atoms with E-state index in [1.807, 2.05) is 0 Å². The summed E-state index contributed by atoms with van der Waals surface area (Å²) in [5.41, 5.74) is 1.36. The van der Waals surface area contributed by atoms with Crippen molar-refractivity contribution in [3.63, 3.8) is 0 Å². The second kappa shape index (κ2) is 6.18. The fourth-order valence-electron chi connectivity index (χ4n) is 1.79. The summed E-state index contributed by atoms with van der Waals surface area (Å²) < 4.78 is 5.11. The Kier molecular flexibility index (Phi) is 5.18. The third kappa shape index (κ3) is 4.92. The van der Waals surface area contributed by atoms with Crippen molar-refractivity contribution in [2.24, 2.45) is 0 Å². The van der Waals surface area contributed by atoms with E-state index in [4.69, 9.17) is 4.74 Å². The number of methoxy groups -OCH3 is 1. The Hall–Kier alpha value is -0.643. The van der Waals surface area contributed by atoms with Gasteiger partial charge in [0, 0.05) is 21.2 Å². The topological polar surface area (TPSA) is 21.3 Å². The third-order valence-electron chi connectivity index (χ3n) is 2.49. The lowest BCUT2D eigenvalue weighted by Gasteiger charge is -2.25. The summed E-state index contributed by atoms with van der Waals surface area (Å²) in [6.45, 7) is 7.82. The normalized spacial score (nSPS) is 13.8. The fraction of sp³-hybridized carbons (Fsp3) is 0.538. The Morgan fingerprint density at radius 1 is 1.19 bits per heavy atom. The minimum absolute atomic E-state index is 0.424. The lowest BCUT2D eigenvalue weighted by Crippen LogP contribution is -2.31. The summed E-state index contributed by atoms with van der Waals surface area (Å²) in [6, 6.07) is 12.3. The van der Waals surface area contributed by atoms with Crippen molar-refractivity contribution < 1.29 is 4.74 Å². The maximum Gasteiger partial charge on any atom is 0.0966 e. The van der Waals surface area contributed by atoms with E-state index in [-0.39, 0.29) is 0 Å². The Labute approximate surface area is 100 Å². The standard InChI is InChI=1S/C13H23NOSi/c1-15-11-14-13(10-16(2,3)4)12-8-6-5-7-9-12/h5-9,13-14H,10-11H2,1-4H3/t13-/m1/s1. The van der Waals surface area contributed by atoms with Gasteiger partial charge in [0.15, 0.2) is 0 Å². The second-order valence-electron chi connectivity index (χ2n) is 5.37. The highest BCUT2D eigenvalue weighted by Crippen LogP contribution is 2.23. The summed E-state index contributed by atoms with van der Waals surface area (Å²) in [5.74, 6) is 0. The summed E-state index contributed by atoms with van der Waals surface area (Å²) >= 11 is 0. The molecule has 0 aliphatic heterocycles. The van der Waals surface area contributed by atoms with Crippen LogP contribution in [0.25, 0.3) is 0 Å². The molecule has 0 radical (unpaired) electrons. The molecular weight excluding hydrogens is 214 g/mol. The lowest BCUT2D eigenvalue weighted by atomic mass is 10.1. The molecule has 16 heavy (non-hydrogen) atoms. The highest BCUT2D eigenvalue weighted by molar-refractivity contribution is 6.76. The Balaban J connectivity index is 2.71. The molecule has 0 saturated heterocycles. The summed E-state index contributed by atoms with van der Waals surface area (Å²) in [7, 11) is 0.655. The first-order valence-corrected chi connectivity index (χ1v) is 9.51. The minimum atomic E-state index is -1.07. The highest BCUT2D eigenvalue weighted by Gasteiger charge is 2.21. The molecule has 0 amide bonds. The molecule has 0 heterocycles. The molecule has 3 heteroatoms. The van der Waals surface area contributed by atoms with Crippen LogP contribution in [0.1, 0.15) is 11.6 Å². The van der Waals surface area contributed by atoms with Crippen LogP contribution in [0, 0.1) is 0 Å². The molecule has 0 aliphatic carbocycles. The Bertz CT molecular complexity index is 295. The van der Waals surface area contributed by atoms with Gasteiger partial charge in [-0.3, -0.25) is 5.32 Å². The highest BCUT2D eigenvalue weighted by atomic mass is 28.3. The van der Waals surface area contributed by atoms with Crippen LogP contribution in [-0.2, 0) is 4.74 Å². The number of rotatable bonds is 6. The van der Waals surface area contributed by atoms with E-state index in [9.17, 15) is 0 Å². The molecule has 0 unspecified atom stereocenters. The molecule has 1 aromatic rings. The van der Waals surface area contributed by atoms with Crippen LogP contribution in [0.3, 0.4) is 0 Å². The monoisotopic (exact) mass is 237 g/mol. The Morgan fingerprint density at radius 3 is 2.31 bits per heavy atom. The van der Waals surface area contributed by atoms with Gasteiger partial charge in [-0.05, 0) is 11.6 Å². The summed E-state index contributed by atoms with van der Waals surface area (Å²) in [5, 5.41) is 3.45. The van der Waals surface area contributed by atoms with Crippen LogP contribution in [0.15, 0.2) is 30.3 Å². The van der Waals surface area contributed by atoms with Gasteiger partial charge < -0.3 is 4.74 Å². The van der Waals surface area contributed by atoms with E-state index in [0.29, 0.717) is 12.8 Å². The summed E-state index contributed by atoms with van der Waals surface area (Å²) in [6.07, 6.45) is 0. The van der Waals surface area contributed by atoms with Crippen LogP contribution in [0.4, 0.5) is 0 Å². The van der Waals surface area contributed by atoms with Gasteiger partial charge in [-0.1, -0.05) is 50.0 Å². The van der Waals surface area contributed by atoms with Crippen LogP contribution < -0.4 is 5.32 Å². The maximum atomic E-state index is 5.11. The molecular formula is C13H23NOSi. The molecule has 1 atom stereocenters. The third-order valence-corrected chi connectivity index (χ3v) is 4.13. The van der Waals surface area contributed by atoms with Crippen molar-refractivity contribution in [3.05, 3.63) is 35.9 Å². The molecule has 0 saturated carbocycles. The SMILES string of the molecule is COCN[C@H](C[Si](C)(C)C)c1ccccc1. The number of hydrogen-bond donors (Lipinski definition) is 1. The zero-order chi connectivity index (χ0) is 12.0. The molecule has 0 bridgehead atoms. The van der Waals surface area contributed by atoms with E-state index in [0.717, 1.165) is 0 Å². The van der Waals surface area contributed by atoms with E-state index >= 15 is 0 Å². The molecule has 1 aromatic carbocycles. The fourth-order valence-corrected chi connectivity index (χ4v) is 3.39. The van der Waals surface area contributed by atoms with Crippen LogP contribution in [-0.4, -0.2) is 21.9 Å². The Morgan fingerprint density at radius 2 is 1.81 bits per heavy atom. The van der Waals surface area contributed by atoms with Gasteiger partial charge in [-0.2, -0.15) is 0 Å².